The molecule has 57 heavy (non-hydrogen) atoms. The average Bonchev–Trinajstić information content (AvgIpc) is 3.79. The van der Waals surface area contributed by atoms with Gasteiger partial charge in [0.1, 0.15) is 30.2 Å². The number of primary amides is 1. The predicted octanol–water partition coefficient (Wildman–Crippen LogP) is -0.451. The fourth-order valence-corrected chi connectivity index (χ4v) is 6.79. The number of aryl methyl sites for hydroxylation is 1. The largest absolute Gasteiger partial charge is 0.469 e. The summed E-state index contributed by atoms with van der Waals surface area (Å²) in [6, 6.07) is -6.85. The van der Waals surface area contributed by atoms with Crippen molar-refractivity contribution < 1.29 is 57.5 Å². The zero-order valence-corrected chi connectivity index (χ0v) is 34.3. The molecule has 1 aromatic rings. The molecule has 0 spiro atoms. The Morgan fingerprint density at radius 1 is 1.00 bits per heavy atom. The van der Waals surface area contributed by atoms with E-state index in [2.05, 4.69) is 37.4 Å². The number of carbonyl (C=O) groups excluding carboxylic acids is 6. The molecule has 1 aliphatic rings. The number of aliphatic hydroxyl groups excluding tert-OH is 1. The Kier molecular flexibility index (Phi) is 20.5. The number of nitrogens with zero attached hydrogens (tertiary/aromatic N) is 3. The lowest BCUT2D eigenvalue weighted by molar-refractivity contribution is -0.140. The molecule has 1 saturated heterocycles. The first-order valence-electron chi connectivity index (χ1n) is 19.1. The molecule has 322 valence electrons. The van der Waals surface area contributed by atoms with Crippen LogP contribution in [0.3, 0.4) is 0 Å². The van der Waals surface area contributed by atoms with Crippen molar-refractivity contribution in [1.29, 1.82) is 0 Å². The van der Waals surface area contributed by atoms with Crippen molar-refractivity contribution in [1.82, 2.24) is 35.7 Å². The molecule has 6 atom stereocenters. The molecule has 1 aliphatic heterocycles. The van der Waals surface area contributed by atoms with Gasteiger partial charge in [-0.3, -0.25) is 33.3 Å². The number of nitrogens with two attached hydrogens (primary N) is 1. The standard InChI is InChI=1S/C36H61N8O12P/c1-7-8-9-10-14-43-21-38-19-25(43)18-27(34(49)41-28(20-45)35(50)42-31(32(37)47)24(6)56-57(52,53)54)39-33(48)26(17-22(2)3)40-36(51)29-12-11-15-44(29)30(46)13-16-55-23(4)5/h7,19,21-24,26-29,31,45H,1,8-18,20H2,2-6H3,(H2,37,47)(H,39,48)(H,40,51)(H,41,49)(H,42,50)(H2,52,53,54)/t24?,26-,27-,28-,29-,31-/m0/s1. The molecular weight excluding hydrogens is 767 g/mol. The summed E-state index contributed by atoms with van der Waals surface area (Å²) in [5, 5.41) is 20.1. The van der Waals surface area contributed by atoms with Crippen molar-refractivity contribution in [2.45, 2.75) is 135 Å². The van der Waals surface area contributed by atoms with Gasteiger partial charge in [0, 0.05) is 31.4 Å². The van der Waals surface area contributed by atoms with Crippen LogP contribution in [0.2, 0.25) is 0 Å². The molecule has 0 radical (unpaired) electrons. The lowest BCUT2D eigenvalue weighted by atomic mass is 10.0. The van der Waals surface area contributed by atoms with Crippen LogP contribution < -0.4 is 27.0 Å². The summed E-state index contributed by atoms with van der Waals surface area (Å²) in [7, 11) is -5.11. The van der Waals surface area contributed by atoms with E-state index in [4.69, 9.17) is 20.3 Å². The van der Waals surface area contributed by atoms with Gasteiger partial charge in [-0.2, -0.15) is 0 Å². The first kappa shape index (κ1) is 48.9. The van der Waals surface area contributed by atoms with E-state index < -0.39 is 80.3 Å². The van der Waals surface area contributed by atoms with Crippen molar-refractivity contribution >= 4 is 43.3 Å². The summed E-state index contributed by atoms with van der Waals surface area (Å²) in [4.78, 5) is 104. The van der Waals surface area contributed by atoms with Gasteiger partial charge in [-0.1, -0.05) is 19.9 Å². The molecule has 6 amide bonds. The third-order valence-corrected chi connectivity index (χ3v) is 9.69. The van der Waals surface area contributed by atoms with E-state index in [0.717, 1.165) is 26.2 Å². The molecule has 2 heterocycles. The highest BCUT2D eigenvalue weighted by Crippen LogP contribution is 2.38. The molecule has 1 unspecified atom stereocenters. The zero-order valence-electron chi connectivity index (χ0n) is 33.4. The topological polar surface area (TPSA) is 294 Å². The smallest absolute Gasteiger partial charge is 0.394 e. The number of hydrogen-bond acceptors (Lipinski definition) is 11. The number of carbonyl (C=O) groups is 6. The number of imidazole rings is 1. The number of rotatable bonds is 26. The fourth-order valence-electron chi connectivity index (χ4n) is 6.23. The lowest BCUT2D eigenvalue weighted by Gasteiger charge is -2.29. The molecule has 2 rings (SSSR count). The Balaban J connectivity index is 2.35. The number of allylic oxidation sites excluding steroid dienone is 1. The van der Waals surface area contributed by atoms with Crippen LogP contribution in [-0.4, -0.2) is 127 Å². The third kappa shape index (κ3) is 17.1. The fraction of sp³-hybridized carbons (Fsp3) is 0.694. The van der Waals surface area contributed by atoms with Crippen molar-refractivity contribution in [2.75, 3.05) is 19.8 Å². The zero-order chi connectivity index (χ0) is 42.9. The van der Waals surface area contributed by atoms with Crippen LogP contribution in [0.5, 0.6) is 0 Å². The lowest BCUT2D eigenvalue weighted by Crippen LogP contribution is -2.61. The Morgan fingerprint density at radius 2 is 1.65 bits per heavy atom. The van der Waals surface area contributed by atoms with E-state index in [1.54, 1.807) is 17.0 Å². The van der Waals surface area contributed by atoms with E-state index in [9.17, 15) is 38.4 Å². The quantitative estimate of drug-likeness (QED) is 0.0334. The van der Waals surface area contributed by atoms with Crippen LogP contribution in [0.15, 0.2) is 25.2 Å². The third-order valence-electron chi connectivity index (χ3n) is 9.08. The number of amides is 6. The Bertz CT molecular complexity index is 1570. The maximum Gasteiger partial charge on any atom is 0.469 e. The molecule has 1 aromatic heterocycles. The summed E-state index contributed by atoms with van der Waals surface area (Å²) >= 11 is 0. The van der Waals surface area contributed by atoms with Gasteiger partial charge in [-0.25, -0.2) is 9.55 Å². The van der Waals surface area contributed by atoms with Crippen LogP contribution >= 0.6 is 7.82 Å². The second-order valence-corrected chi connectivity index (χ2v) is 15.9. The van der Waals surface area contributed by atoms with Gasteiger partial charge in [0.25, 0.3) is 0 Å². The summed E-state index contributed by atoms with van der Waals surface area (Å²) in [5.74, 6) is -4.90. The number of phosphoric ester groups is 1. The second kappa shape index (κ2) is 23.9. The van der Waals surface area contributed by atoms with Crippen molar-refractivity contribution in [3.8, 4) is 0 Å². The molecular formula is C36H61N8O12P. The van der Waals surface area contributed by atoms with E-state index >= 15 is 0 Å². The van der Waals surface area contributed by atoms with Gasteiger partial charge >= 0.3 is 7.82 Å². The number of nitrogens with one attached hydrogen (secondary N) is 4. The number of ether oxygens (including phenoxy) is 1. The molecule has 0 saturated carbocycles. The normalized spacial score (nSPS) is 17.0. The van der Waals surface area contributed by atoms with Crippen LogP contribution in [0, 0.1) is 5.92 Å². The van der Waals surface area contributed by atoms with Crippen molar-refractivity contribution in [3.05, 3.63) is 30.9 Å². The van der Waals surface area contributed by atoms with Crippen LogP contribution in [0.25, 0.3) is 0 Å². The summed E-state index contributed by atoms with van der Waals surface area (Å²) in [5.41, 5.74) is 5.87. The minimum atomic E-state index is -5.11. The number of likely N-dealkylation sites (tertiary alicyclic amines) is 1. The molecule has 1 fully saturated rings. The Morgan fingerprint density at radius 3 is 2.25 bits per heavy atom. The highest BCUT2D eigenvalue weighted by atomic mass is 31.2. The van der Waals surface area contributed by atoms with Gasteiger partial charge < -0.3 is 56.1 Å². The summed E-state index contributed by atoms with van der Waals surface area (Å²) < 4.78 is 23.1. The minimum absolute atomic E-state index is 0.0628. The number of unbranched alkanes of at least 4 members (excludes halogenated alkanes) is 2. The first-order chi connectivity index (χ1) is 26.8. The molecule has 0 aliphatic carbocycles. The Labute approximate surface area is 333 Å². The molecule has 0 aromatic carbocycles. The van der Waals surface area contributed by atoms with E-state index in [1.165, 1.54) is 11.1 Å². The highest BCUT2D eigenvalue weighted by molar-refractivity contribution is 7.46. The predicted molar refractivity (Wildman–Crippen MR) is 206 cm³/mol. The summed E-state index contributed by atoms with van der Waals surface area (Å²) in [6.07, 6.45) is 6.71. The second-order valence-electron chi connectivity index (χ2n) is 14.7. The molecule has 21 heteroatoms. The van der Waals surface area contributed by atoms with E-state index in [1.807, 2.05) is 27.7 Å². The summed E-state index contributed by atoms with van der Waals surface area (Å²) in [6.45, 7) is 12.3. The van der Waals surface area contributed by atoms with Gasteiger partial charge in [0.15, 0.2) is 0 Å². The SMILES string of the molecule is C=CCCCCn1cncc1C[C@H](NC(=O)[C@H](CC(C)C)NC(=O)[C@@H]1CCCN1C(=O)CCOC(C)C)C(=O)N[C@@H](CO)C(=O)N[C@H](C(N)=O)C(C)OP(=O)(O)O. The first-order valence-corrected chi connectivity index (χ1v) is 20.7. The van der Waals surface area contributed by atoms with Gasteiger partial charge in [-0.05, 0) is 65.2 Å². The van der Waals surface area contributed by atoms with Crippen LogP contribution in [-0.2, 0) is 55.6 Å². The van der Waals surface area contributed by atoms with Crippen molar-refractivity contribution in [2.24, 2.45) is 11.7 Å². The molecule has 9 N–H and O–H groups in total. The van der Waals surface area contributed by atoms with Crippen LogP contribution in [0.1, 0.15) is 85.3 Å². The number of phosphoric acid groups is 1. The molecule has 0 bridgehead atoms. The maximum atomic E-state index is 14.0. The van der Waals surface area contributed by atoms with Gasteiger partial charge in [0.2, 0.25) is 35.4 Å². The van der Waals surface area contributed by atoms with E-state index in [-0.39, 0.29) is 43.8 Å². The number of aliphatic hydroxyl groups is 1. The highest BCUT2D eigenvalue weighted by Gasteiger charge is 2.38. The average molecular weight is 829 g/mol. The monoisotopic (exact) mass is 828 g/mol. The van der Waals surface area contributed by atoms with Gasteiger partial charge in [0.05, 0.1) is 38.2 Å². The number of aromatic nitrogens is 2. The number of hydrogen-bond donors (Lipinski definition) is 8. The van der Waals surface area contributed by atoms with Crippen LogP contribution in [0.4, 0.5) is 0 Å². The minimum Gasteiger partial charge on any atom is -0.394 e. The molecule has 20 nitrogen and oxygen atoms in total. The van der Waals surface area contributed by atoms with Gasteiger partial charge in [-0.15, -0.1) is 6.58 Å². The maximum absolute atomic E-state index is 14.0. The van der Waals surface area contributed by atoms with Crippen molar-refractivity contribution in [3.63, 3.8) is 0 Å². The van der Waals surface area contributed by atoms with E-state index in [0.29, 0.717) is 31.6 Å². The Hall–Kier alpha value is -4.20.